The highest BCUT2D eigenvalue weighted by atomic mass is 16.4. The van der Waals surface area contributed by atoms with Gasteiger partial charge in [0.1, 0.15) is 38.8 Å². The van der Waals surface area contributed by atoms with E-state index < -0.39 is 115 Å². The third-order valence-electron chi connectivity index (χ3n) is 19.4. The Morgan fingerprint density at radius 2 is 0.964 bits per heavy atom. The van der Waals surface area contributed by atoms with Crippen LogP contribution < -0.4 is 60.4 Å². The summed E-state index contributed by atoms with van der Waals surface area (Å²) in [5.41, 5.74) is 43.0. The SMILES string of the molecule is NC1CCCN(CC(=O)O)C1=O.NC1N=C(C2CCCCC2)c2ccccc2N(CC(=O)O)C1=O.NC1N=C(c2ccccc2)c2ccccc2N(CC(=O)O)C1=O.NCCn1c(=O)c2ccccc2n(CC(=O)O)c1=O.N[C@H]1CCc2cccc3c2N(C1=O)[C@H](C(=O)O)C3.N[C@H]1Cc2ccccc2CN(CC(=O)O)C1=O. The Morgan fingerprint density at radius 3 is 1.58 bits per heavy atom. The van der Waals surface area contributed by atoms with Crippen LogP contribution in [0.25, 0.3) is 10.9 Å². The van der Waals surface area contributed by atoms with Crippen molar-refractivity contribution in [1.82, 2.24) is 18.9 Å². The molecule has 1 aromatic heterocycles. The number of aryl methyl sites for hydroxylation is 1. The molecule has 6 aromatic carbocycles. The molecule has 6 aliphatic heterocycles. The molecular formula is C78H89N15O19. The fourth-order valence-corrected chi connectivity index (χ4v) is 14.2. The summed E-state index contributed by atoms with van der Waals surface area (Å²) < 4.78 is 2.03. The number of piperidine rings is 1. The largest absolute Gasteiger partial charge is 0.480 e. The standard InChI is InChI=1S/C17H21N3O3.C17H15N3O3.C13H14N2O3.C12H13N3O4.C12H14N2O3.C7H12N2O3/c2*18-16-17(23)20(10-14(21)22)13-9-5-4-8-12(13)15(19-16)11-6-2-1-3-7-11;14-9-5-4-7-2-1-3-8-6-10(13(17)18)15(11(7)8)12(9)16;13-5-6-14-11(18)8-3-1-2-4-9(8)15(12(14)19)7-10(16)17;13-10-5-8-3-1-2-4-9(8)6-14(12(10)17)7-11(15)16;8-5-2-1-3-9(7(5)12)4-6(10)11/h4-5,8-9,11,16H,1-3,6-7,10,18H2,(H,21,22);1-9,16H,10,18H2,(H,21,22);1-3,9-10H,4-6,14H2,(H,17,18);1-4H,5-7,13H2,(H,16,17);1-4,10H,5-7,13H2,(H,15,16);5H,1-4,8H2,(H,10,11)/t;;9-,10-;;10-;/m..0.0./s1. The molecule has 14 rings (SSSR count). The molecule has 34 nitrogen and oxygen atoms in total. The number of benzene rings is 6. The highest BCUT2D eigenvalue weighted by Crippen LogP contribution is 2.39. The molecule has 7 aliphatic rings. The number of aliphatic imine (C=N–C) groups is 2. The number of hydrogen-bond donors (Lipinski definition) is 12. The molecule has 0 bridgehead atoms. The monoisotopic (exact) mass is 1540 g/mol. The van der Waals surface area contributed by atoms with E-state index in [-0.39, 0.29) is 49.8 Å². The Kier molecular flexibility index (Phi) is 28.5. The van der Waals surface area contributed by atoms with E-state index >= 15 is 0 Å². The Hall–Kier alpha value is -12.5. The molecule has 7 heterocycles. The summed E-state index contributed by atoms with van der Waals surface area (Å²) >= 11 is 0. The first-order chi connectivity index (χ1) is 53.5. The van der Waals surface area contributed by atoms with Gasteiger partial charge >= 0.3 is 41.5 Å². The Balaban J connectivity index is 0.000000156. The van der Waals surface area contributed by atoms with E-state index in [9.17, 15) is 67.4 Å². The summed E-state index contributed by atoms with van der Waals surface area (Å²) in [5, 5.41) is 53.9. The number of anilines is 3. The lowest BCUT2D eigenvalue weighted by Gasteiger charge is -2.28. The van der Waals surface area contributed by atoms with Gasteiger partial charge < -0.3 is 74.8 Å². The van der Waals surface area contributed by atoms with Crippen LogP contribution in [0.4, 0.5) is 17.1 Å². The number of aromatic nitrogens is 2. The van der Waals surface area contributed by atoms with Gasteiger partial charge in [0.25, 0.3) is 17.4 Å². The van der Waals surface area contributed by atoms with Gasteiger partial charge in [0.2, 0.25) is 17.7 Å². The van der Waals surface area contributed by atoms with E-state index in [2.05, 4.69) is 9.98 Å². The number of benzodiazepines with no additional fused rings is 2. The molecule has 1 aliphatic carbocycles. The molecule has 1 saturated carbocycles. The van der Waals surface area contributed by atoms with Crippen molar-refractivity contribution < 1.29 is 83.4 Å². The van der Waals surface area contributed by atoms with Crippen LogP contribution in [-0.4, -0.2) is 202 Å². The number of carbonyl (C=O) groups is 11. The third kappa shape index (κ3) is 20.3. The second-order valence-electron chi connectivity index (χ2n) is 27.2. The minimum Gasteiger partial charge on any atom is -0.480 e. The number of fused-ring (bicyclic) bond motifs is 4. The second-order valence-corrected chi connectivity index (χ2v) is 27.2. The van der Waals surface area contributed by atoms with Crippen LogP contribution in [0.15, 0.2) is 165 Å². The summed E-state index contributed by atoms with van der Waals surface area (Å²) in [6, 6.07) is 41.0. The summed E-state index contributed by atoms with van der Waals surface area (Å²) in [7, 11) is 0. The van der Waals surface area contributed by atoms with Gasteiger partial charge in [0.15, 0.2) is 12.3 Å². The van der Waals surface area contributed by atoms with E-state index in [1.165, 1.54) is 30.9 Å². The molecule has 6 atom stereocenters. The van der Waals surface area contributed by atoms with Gasteiger partial charge in [-0.15, -0.1) is 0 Å². The molecule has 3 unspecified atom stereocenters. The number of carboxylic acid groups (broad SMARTS) is 6. The van der Waals surface area contributed by atoms with Crippen LogP contribution in [0.3, 0.4) is 0 Å². The van der Waals surface area contributed by atoms with Crippen LogP contribution in [0.2, 0.25) is 0 Å². The lowest BCUT2D eigenvalue weighted by Crippen LogP contribution is -2.49. The van der Waals surface area contributed by atoms with Crippen LogP contribution in [0, 0.1) is 5.92 Å². The first-order valence-electron chi connectivity index (χ1n) is 36.1. The fraction of sp³-hybridized carbons (Fsp3) is 0.346. The molecule has 0 radical (unpaired) electrons. The van der Waals surface area contributed by atoms with E-state index in [4.69, 9.17) is 59.9 Å². The molecular weight excluding hydrogens is 1450 g/mol. The number of nitrogens with zero attached hydrogens (tertiary/aromatic N) is 9. The van der Waals surface area contributed by atoms with Gasteiger partial charge in [-0.2, -0.15) is 0 Å². The molecule has 590 valence electrons. The topological polar surface area (TPSA) is 550 Å². The predicted molar refractivity (Wildman–Crippen MR) is 411 cm³/mol. The van der Waals surface area contributed by atoms with Crippen molar-refractivity contribution in [2.45, 2.75) is 127 Å². The van der Waals surface area contributed by atoms with Gasteiger partial charge in [0, 0.05) is 60.9 Å². The van der Waals surface area contributed by atoms with Crippen molar-refractivity contribution in [2.75, 3.05) is 54.0 Å². The minimum absolute atomic E-state index is 0.0577. The maximum Gasteiger partial charge on any atom is 0.332 e. The molecule has 2 fully saturated rings. The summed E-state index contributed by atoms with van der Waals surface area (Å²) in [6.07, 6.45) is 6.98. The Bertz CT molecular complexity index is 4910. The van der Waals surface area contributed by atoms with E-state index in [0.29, 0.717) is 72.3 Å². The van der Waals surface area contributed by atoms with Crippen LogP contribution in [-0.2, 0) is 91.6 Å². The summed E-state index contributed by atoms with van der Waals surface area (Å²) in [4.78, 5) is 165. The van der Waals surface area contributed by atoms with Crippen molar-refractivity contribution in [3.8, 4) is 0 Å². The average molecular weight is 1540 g/mol. The number of amides is 5. The van der Waals surface area contributed by atoms with Crippen molar-refractivity contribution in [3.63, 3.8) is 0 Å². The van der Waals surface area contributed by atoms with Crippen molar-refractivity contribution >= 4 is 105 Å². The fourth-order valence-electron chi connectivity index (χ4n) is 14.2. The van der Waals surface area contributed by atoms with E-state index in [0.717, 1.165) is 92.4 Å². The Morgan fingerprint density at radius 1 is 0.446 bits per heavy atom. The molecule has 112 heavy (non-hydrogen) atoms. The number of hydrogen-bond acceptors (Lipinski definition) is 21. The third-order valence-corrected chi connectivity index (χ3v) is 19.4. The molecule has 18 N–H and O–H groups in total. The maximum atomic E-state index is 12.5. The number of likely N-dealkylation sites (tertiary alicyclic amines) is 1. The zero-order valence-corrected chi connectivity index (χ0v) is 61.0. The van der Waals surface area contributed by atoms with Gasteiger partial charge in [-0.05, 0) is 91.5 Å². The van der Waals surface area contributed by atoms with Gasteiger partial charge in [-0.3, -0.25) is 86.6 Å². The van der Waals surface area contributed by atoms with Crippen LogP contribution in [0.1, 0.15) is 90.3 Å². The van der Waals surface area contributed by atoms with E-state index in [1.807, 2.05) is 91.0 Å². The zero-order chi connectivity index (χ0) is 81.2. The first-order valence-corrected chi connectivity index (χ1v) is 36.1. The van der Waals surface area contributed by atoms with E-state index in [1.54, 1.807) is 54.6 Å². The smallest absolute Gasteiger partial charge is 0.332 e. The lowest BCUT2D eigenvalue weighted by atomic mass is 9.83. The highest BCUT2D eigenvalue weighted by molar-refractivity contribution is 6.20. The summed E-state index contributed by atoms with van der Waals surface area (Å²) in [5.74, 6) is -7.85. The molecule has 34 heteroatoms. The number of carboxylic acids is 6. The number of carbonyl (C=O) groups excluding carboxylic acids is 5. The Labute approximate surface area is 640 Å². The molecule has 7 aromatic rings. The second kappa shape index (κ2) is 38.3. The quantitative estimate of drug-likeness (QED) is 0.0692. The minimum atomic E-state index is -1.15. The van der Waals surface area contributed by atoms with Crippen molar-refractivity contribution in [1.29, 1.82) is 0 Å². The lowest BCUT2D eigenvalue weighted by molar-refractivity contribution is -0.146. The predicted octanol–water partition coefficient (Wildman–Crippen LogP) is 1.52. The van der Waals surface area contributed by atoms with Crippen molar-refractivity contribution in [2.24, 2.45) is 50.3 Å². The van der Waals surface area contributed by atoms with Gasteiger partial charge in [0.05, 0.1) is 51.8 Å². The van der Waals surface area contributed by atoms with Gasteiger partial charge in [-0.1, -0.05) is 141 Å². The average Bonchev–Trinajstić information content (AvgIpc) is 1.52. The maximum absolute atomic E-state index is 12.5. The zero-order valence-electron chi connectivity index (χ0n) is 61.0. The first kappa shape index (κ1) is 83.6. The number of para-hydroxylation sites is 4. The summed E-state index contributed by atoms with van der Waals surface area (Å²) in [6.45, 7) is -0.883. The normalized spacial score (nSPS) is 19.7. The molecule has 5 amide bonds. The van der Waals surface area contributed by atoms with Crippen molar-refractivity contribution in [3.05, 3.63) is 205 Å². The molecule has 1 saturated heterocycles. The van der Waals surface area contributed by atoms with Gasteiger partial charge in [-0.25, -0.2) is 9.59 Å². The number of aliphatic carboxylic acids is 6. The number of nitrogens with two attached hydrogens (primary N) is 6. The number of rotatable bonds is 15. The highest BCUT2D eigenvalue weighted by Gasteiger charge is 2.43. The van der Waals surface area contributed by atoms with Crippen LogP contribution >= 0.6 is 0 Å². The van der Waals surface area contributed by atoms with Crippen LogP contribution in [0.5, 0.6) is 0 Å². The molecule has 0 spiro atoms.